The molecule has 1 aliphatic rings. The Morgan fingerprint density at radius 3 is 2.56 bits per heavy atom. The fourth-order valence-electron chi connectivity index (χ4n) is 2.67. The van der Waals surface area contributed by atoms with Crippen LogP contribution in [0.15, 0.2) is 12.5 Å². The molecule has 102 valence electrons. The van der Waals surface area contributed by atoms with Gasteiger partial charge in [0, 0.05) is 24.3 Å². The molecule has 1 N–H and O–H groups in total. The molecule has 1 aromatic heterocycles. The molecule has 0 saturated heterocycles. The van der Waals surface area contributed by atoms with E-state index in [9.17, 15) is 0 Å². The maximum absolute atomic E-state index is 4.34. The Kier molecular flexibility index (Phi) is 4.10. The second-order valence-corrected chi connectivity index (χ2v) is 6.81. The molecule has 0 amide bonds. The second-order valence-electron chi connectivity index (χ2n) is 6.81. The summed E-state index contributed by atoms with van der Waals surface area (Å²) in [5, 5.41) is 3.55. The van der Waals surface area contributed by atoms with Crippen LogP contribution in [0, 0.1) is 5.92 Å². The molecule has 1 aliphatic carbocycles. The molecule has 0 bridgehead atoms. The lowest BCUT2D eigenvalue weighted by atomic mass is 9.87. The number of nitrogens with one attached hydrogen (secondary N) is 1. The first kappa shape index (κ1) is 13.6. The fraction of sp³-hybridized carbons (Fsp3) is 0.800. The standard InChI is InChI=1S/C15H27N3/c1-12-5-7-13(8-6-12)18-11-16-9-14(18)10-17-15(2,3)4/h9,11-13,17H,5-8,10H2,1-4H3. The van der Waals surface area contributed by atoms with Crippen molar-refractivity contribution in [3.05, 3.63) is 18.2 Å². The first-order valence-corrected chi connectivity index (χ1v) is 7.21. The van der Waals surface area contributed by atoms with Crippen molar-refractivity contribution in [1.82, 2.24) is 14.9 Å². The largest absolute Gasteiger partial charge is 0.330 e. The van der Waals surface area contributed by atoms with E-state index in [4.69, 9.17) is 0 Å². The van der Waals surface area contributed by atoms with Gasteiger partial charge in [-0.05, 0) is 52.4 Å². The maximum Gasteiger partial charge on any atom is 0.0951 e. The summed E-state index contributed by atoms with van der Waals surface area (Å²) in [6.07, 6.45) is 9.35. The molecule has 3 nitrogen and oxygen atoms in total. The molecule has 1 aromatic rings. The van der Waals surface area contributed by atoms with Gasteiger partial charge in [0.1, 0.15) is 0 Å². The van der Waals surface area contributed by atoms with Crippen LogP contribution < -0.4 is 5.32 Å². The highest BCUT2D eigenvalue weighted by Crippen LogP contribution is 2.32. The molecule has 0 aromatic carbocycles. The van der Waals surface area contributed by atoms with Crippen molar-refractivity contribution < 1.29 is 0 Å². The van der Waals surface area contributed by atoms with Crippen LogP contribution in [-0.2, 0) is 6.54 Å². The molecule has 1 heterocycles. The summed E-state index contributed by atoms with van der Waals surface area (Å²) in [5.41, 5.74) is 1.49. The van der Waals surface area contributed by atoms with E-state index in [-0.39, 0.29) is 5.54 Å². The highest BCUT2D eigenvalue weighted by molar-refractivity contribution is 5.01. The predicted octanol–water partition coefficient (Wildman–Crippen LogP) is 3.52. The van der Waals surface area contributed by atoms with Gasteiger partial charge in [0.15, 0.2) is 0 Å². The van der Waals surface area contributed by atoms with Crippen LogP contribution in [0.1, 0.15) is 65.1 Å². The number of aromatic nitrogens is 2. The first-order valence-electron chi connectivity index (χ1n) is 7.21. The lowest BCUT2D eigenvalue weighted by Gasteiger charge is -2.29. The quantitative estimate of drug-likeness (QED) is 0.888. The van der Waals surface area contributed by atoms with Crippen LogP contribution in [0.4, 0.5) is 0 Å². The van der Waals surface area contributed by atoms with Gasteiger partial charge in [-0.2, -0.15) is 0 Å². The zero-order valence-corrected chi connectivity index (χ0v) is 12.2. The van der Waals surface area contributed by atoms with Gasteiger partial charge >= 0.3 is 0 Å². The fourth-order valence-corrected chi connectivity index (χ4v) is 2.67. The van der Waals surface area contributed by atoms with Gasteiger partial charge in [0.2, 0.25) is 0 Å². The summed E-state index contributed by atoms with van der Waals surface area (Å²) < 4.78 is 2.39. The second kappa shape index (κ2) is 5.43. The zero-order valence-electron chi connectivity index (χ0n) is 12.2. The molecule has 0 aliphatic heterocycles. The monoisotopic (exact) mass is 249 g/mol. The number of rotatable bonds is 3. The summed E-state index contributed by atoms with van der Waals surface area (Å²) in [4.78, 5) is 4.34. The Morgan fingerprint density at radius 2 is 1.94 bits per heavy atom. The summed E-state index contributed by atoms with van der Waals surface area (Å²) in [6.45, 7) is 9.89. The summed E-state index contributed by atoms with van der Waals surface area (Å²) in [6, 6.07) is 0.667. The van der Waals surface area contributed by atoms with E-state index in [1.165, 1.54) is 31.4 Å². The Morgan fingerprint density at radius 1 is 1.28 bits per heavy atom. The Balaban J connectivity index is 1.99. The maximum atomic E-state index is 4.34. The molecule has 0 atom stereocenters. The number of nitrogens with zero attached hydrogens (tertiary/aromatic N) is 2. The van der Waals surface area contributed by atoms with Crippen molar-refractivity contribution in [2.45, 2.75) is 71.5 Å². The van der Waals surface area contributed by atoms with Gasteiger partial charge < -0.3 is 9.88 Å². The smallest absolute Gasteiger partial charge is 0.0951 e. The topological polar surface area (TPSA) is 29.9 Å². The SMILES string of the molecule is CC1CCC(n2cncc2CNC(C)(C)C)CC1. The summed E-state index contributed by atoms with van der Waals surface area (Å²) in [7, 11) is 0. The predicted molar refractivity (Wildman–Crippen MR) is 75.5 cm³/mol. The van der Waals surface area contributed by atoms with E-state index in [1.54, 1.807) is 0 Å². The van der Waals surface area contributed by atoms with Crippen molar-refractivity contribution in [2.24, 2.45) is 5.92 Å². The average Bonchev–Trinajstić information content (AvgIpc) is 2.75. The lowest BCUT2D eigenvalue weighted by molar-refractivity contribution is 0.282. The van der Waals surface area contributed by atoms with Crippen molar-refractivity contribution in [1.29, 1.82) is 0 Å². The summed E-state index contributed by atoms with van der Waals surface area (Å²) >= 11 is 0. The minimum absolute atomic E-state index is 0.163. The van der Waals surface area contributed by atoms with Crippen molar-refractivity contribution >= 4 is 0 Å². The van der Waals surface area contributed by atoms with Crippen LogP contribution in [0.25, 0.3) is 0 Å². The molecular formula is C15H27N3. The van der Waals surface area contributed by atoms with Crippen molar-refractivity contribution in [3.8, 4) is 0 Å². The Labute approximate surface area is 111 Å². The van der Waals surface area contributed by atoms with Crippen LogP contribution in [0.2, 0.25) is 0 Å². The van der Waals surface area contributed by atoms with Gasteiger partial charge in [-0.25, -0.2) is 4.98 Å². The van der Waals surface area contributed by atoms with Gasteiger partial charge in [-0.3, -0.25) is 0 Å². The van der Waals surface area contributed by atoms with E-state index in [1.807, 2.05) is 12.5 Å². The van der Waals surface area contributed by atoms with Crippen molar-refractivity contribution in [3.63, 3.8) is 0 Å². The Bertz CT molecular complexity index is 367. The average molecular weight is 249 g/mol. The van der Waals surface area contributed by atoms with E-state index >= 15 is 0 Å². The summed E-state index contributed by atoms with van der Waals surface area (Å²) in [5.74, 6) is 0.904. The number of hydrogen-bond donors (Lipinski definition) is 1. The molecule has 0 radical (unpaired) electrons. The minimum atomic E-state index is 0.163. The third kappa shape index (κ3) is 3.58. The van der Waals surface area contributed by atoms with Crippen molar-refractivity contribution in [2.75, 3.05) is 0 Å². The van der Waals surface area contributed by atoms with Crippen LogP contribution in [0.5, 0.6) is 0 Å². The number of hydrogen-bond acceptors (Lipinski definition) is 2. The van der Waals surface area contributed by atoms with Gasteiger partial charge in [0.25, 0.3) is 0 Å². The molecular weight excluding hydrogens is 222 g/mol. The van der Waals surface area contributed by atoms with Crippen LogP contribution in [-0.4, -0.2) is 15.1 Å². The third-order valence-electron chi connectivity index (χ3n) is 3.92. The van der Waals surface area contributed by atoms with Gasteiger partial charge in [0.05, 0.1) is 12.0 Å². The molecule has 2 rings (SSSR count). The molecule has 18 heavy (non-hydrogen) atoms. The van der Waals surface area contributed by atoms with Crippen LogP contribution >= 0.6 is 0 Å². The van der Waals surface area contributed by atoms with E-state index in [2.05, 4.69) is 42.6 Å². The van der Waals surface area contributed by atoms with Gasteiger partial charge in [-0.1, -0.05) is 6.92 Å². The normalized spacial score (nSPS) is 25.3. The lowest BCUT2D eigenvalue weighted by Crippen LogP contribution is -2.36. The van der Waals surface area contributed by atoms with E-state index in [0.717, 1.165) is 12.5 Å². The van der Waals surface area contributed by atoms with E-state index < -0.39 is 0 Å². The third-order valence-corrected chi connectivity index (χ3v) is 3.92. The molecule has 1 fully saturated rings. The Hall–Kier alpha value is -0.830. The highest BCUT2D eigenvalue weighted by atomic mass is 15.1. The molecule has 3 heteroatoms. The van der Waals surface area contributed by atoms with Gasteiger partial charge in [-0.15, -0.1) is 0 Å². The minimum Gasteiger partial charge on any atom is -0.330 e. The molecule has 1 saturated carbocycles. The first-order chi connectivity index (χ1) is 8.46. The highest BCUT2D eigenvalue weighted by Gasteiger charge is 2.21. The molecule has 0 spiro atoms. The van der Waals surface area contributed by atoms with Crippen LogP contribution in [0.3, 0.4) is 0 Å². The van der Waals surface area contributed by atoms with E-state index in [0.29, 0.717) is 6.04 Å². The zero-order chi connectivity index (χ0) is 13.2. The molecule has 0 unspecified atom stereocenters. The number of imidazole rings is 1.